The van der Waals surface area contributed by atoms with Gasteiger partial charge in [0.05, 0.1) is 51.2 Å². The SMILES string of the molecule is COc1ccc(C(=O)/C(Cc2cc(OC)c(OC)c(OC)c2)=C(\C(=O)[O-])c2ccc3nsnc3c2)cc1Cl.[Na+]. The van der Waals surface area contributed by atoms with Crippen LogP contribution in [0.2, 0.25) is 5.02 Å². The molecule has 4 aromatic rings. The van der Waals surface area contributed by atoms with Crippen LogP contribution < -0.4 is 53.6 Å². The molecule has 9 nitrogen and oxygen atoms in total. The quantitative estimate of drug-likeness (QED) is 0.155. The minimum atomic E-state index is -1.53. The maximum absolute atomic E-state index is 13.9. The van der Waals surface area contributed by atoms with Gasteiger partial charge in [-0.05, 0) is 53.6 Å². The normalized spacial score (nSPS) is 11.3. The van der Waals surface area contributed by atoms with Crippen molar-refractivity contribution in [2.24, 2.45) is 0 Å². The van der Waals surface area contributed by atoms with Crippen molar-refractivity contribution >= 4 is 51.7 Å². The second-order valence-electron chi connectivity index (χ2n) is 8.00. The van der Waals surface area contributed by atoms with Crippen molar-refractivity contribution in [3.8, 4) is 23.0 Å². The summed E-state index contributed by atoms with van der Waals surface area (Å²) in [6.45, 7) is 0. The number of rotatable bonds is 10. The Labute approximate surface area is 255 Å². The van der Waals surface area contributed by atoms with Crippen LogP contribution in [0.4, 0.5) is 0 Å². The van der Waals surface area contributed by atoms with Crippen LogP contribution in [0.25, 0.3) is 16.6 Å². The average Bonchev–Trinajstić information content (AvgIpc) is 3.39. The van der Waals surface area contributed by atoms with Gasteiger partial charge in [0, 0.05) is 23.1 Å². The first-order valence-electron chi connectivity index (χ1n) is 11.2. The van der Waals surface area contributed by atoms with Gasteiger partial charge in [-0.1, -0.05) is 17.7 Å². The standard InChI is InChI=1S/C27H23ClN2O7S.Na/c1-34-21-8-6-16(12-18(21)28)25(31)17(9-14-10-22(35-2)26(37-4)23(11-14)36-3)24(27(32)33)15-5-7-19-20(13-15)30-38-29-19;/h5-8,10-13H,9H2,1-4H3,(H,32,33);/q;+1/p-1/b24-17-;. The second kappa shape index (κ2) is 13.3. The van der Waals surface area contributed by atoms with Crippen LogP contribution in [-0.2, 0) is 11.2 Å². The molecule has 39 heavy (non-hydrogen) atoms. The molecule has 196 valence electrons. The number of ketones is 1. The third kappa shape index (κ3) is 6.37. The molecule has 0 radical (unpaired) electrons. The van der Waals surface area contributed by atoms with Crippen molar-refractivity contribution in [1.82, 2.24) is 8.75 Å². The fourth-order valence-electron chi connectivity index (χ4n) is 4.06. The van der Waals surface area contributed by atoms with Crippen molar-refractivity contribution in [3.05, 3.63) is 75.8 Å². The number of ether oxygens (including phenoxy) is 4. The predicted octanol–water partition coefficient (Wildman–Crippen LogP) is 1.01. The third-order valence-electron chi connectivity index (χ3n) is 5.84. The van der Waals surface area contributed by atoms with Crippen LogP contribution >= 0.6 is 23.3 Å². The van der Waals surface area contributed by atoms with Gasteiger partial charge >= 0.3 is 29.6 Å². The van der Waals surface area contributed by atoms with Crippen molar-refractivity contribution in [1.29, 1.82) is 0 Å². The number of carboxylic acid groups (broad SMARTS) is 1. The fourth-order valence-corrected chi connectivity index (χ4v) is 4.83. The summed E-state index contributed by atoms with van der Waals surface area (Å²) in [5, 5.41) is 12.8. The second-order valence-corrected chi connectivity index (χ2v) is 8.93. The molecule has 0 N–H and O–H groups in total. The average molecular weight is 577 g/mol. The zero-order valence-electron chi connectivity index (χ0n) is 21.9. The van der Waals surface area contributed by atoms with Gasteiger partial charge in [-0.2, -0.15) is 8.75 Å². The number of aromatic nitrogens is 2. The van der Waals surface area contributed by atoms with Crippen LogP contribution in [0.15, 0.2) is 54.1 Å². The maximum atomic E-state index is 13.9. The molecule has 0 aliphatic rings. The number of Topliss-reactive ketones (excluding diaryl/α,β-unsaturated/α-hetero) is 1. The summed E-state index contributed by atoms with van der Waals surface area (Å²) in [5.41, 5.74) is 1.74. The van der Waals surface area contributed by atoms with Crippen LogP contribution in [0.3, 0.4) is 0 Å². The minimum absolute atomic E-state index is 0. The van der Waals surface area contributed by atoms with E-state index in [4.69, 9.17) is 30.5 Å². The van der Waals surface area contributed by atoms with Gasteiger partial charge in [0.1, 0.15) is 16.8 Å². The summed E-state index contributed by atoms with van der Waals surface area (Å²) in [4.78, 5) is 26.5. The van der Waals surface area contributed by atoms with E-state index in [0.29, 0.717) is 39.6 Å². The molecule has 0 saturated carbocycles. The molecule has 0 fully saturated rings. The maximum Gasteiger partial charge on any atom is 1.00 e. The van der Waals surface area contributed by atoms with E-state index in [1.807, 2.05) is 0 Å². The van der Waals surface area contributed by atoms with Crippen LogP contribution in [-0.4, -0.2) is 48.9 Å². The minimum Gasteiger partial charge on any atom is -0.545 e. The Balaban J connectivity index is 0.00000420. The van der Waals surface area contributed by atoms with Crippen molar-refractivity contribution in [3.63, 3.8) is 0 Å². The predicted molar refractivity (Wildman–Crippen MR) is 141 cm³/mol. The Morgan fingerprint density at radius 2 is 1.44 bits per heavy atom. The first-order valence-corrected chi connectivity index (χ1v) is 12.3. The summed E-state index contributed by atoms with van der Waals surface area (Å²) < 4.78 is 29.8. The van der Waals surface area contributed by atoms with Gasteiger partial charge in [-0.3, -0.25) is 4.79 Å². The van der Waals surface area contributed by atoms with Gasteiger partial charge in [0.15, 0.2) is 17.3 Å². The molecule has 0 unspecified atom stereocenters. The number of hydrogen-bond donors (Lipinski definition) is 0. The van der Waals surface area contributed by atoms with E-state index in [9.17, 15) is 14.7 Å². The summed E-state index contributed by atoms with van der Waals surface area (Å²) in [6, 6.07) is 12.6. The summed E-state index contributed by atoms with van der Waals surface area (Å²) in [7, 11) is 5.86. The van der Waals surface area contributed by atoms with E-state index in [2.05, 4.69) is 8.75 Å². The molecule has 0 aliphatic carbocycles. The molecule has 4 rings (SSSR count). The zero-order chi connectivity index (χ0) is 27.4. The number of carboxylic acids is 1. The molecule has 0 bridgehead atoms. The van der Waals surface area contributed by atoms with E-state index in [1.165, 1.54) is 46.6 Å². The number of aliphatic carboxylic acids is 1. The van der Waals surface area contributed by atoms with Crippen molar-refractivity contribution in [2.45, 2.75) is 6.42 Å². The Kier molecular flexibility index (Phi) is 10.3. The summed E-state index contributed by atoms with van der Waals surface area (Å²) in [6.07, 6.45) is -0.101. The Morgan fingerprint density at radius 3 is 2.00 bits per heavy atom. The van der Waals surface area contributed by atoms with Crippen molar-refractivity contribution < 1.29 is 63.2 Å². The van der Waals surface area contributed by atoms with Crippen LogP contribution in [0, 0.1) is 0 Å². The van der Waals surface area contributed by atoms with Crippen molar-refractivity contribution in [2.75, 3.05) is 28.4 Å². The number of hydrogen-bond acceptors (Lipinski definition) is 10. The van der Waals surface area contributed by atoms with E-state index < -0.39 is 11.8 Å². The Bertz CT molecular complexity index is 1550. The third-order valence-corrected chi connectivity index (χ3v) is 6.69. The van der Waals surface area contributed by atoms with E-state index in [1.54, 1.807) is 30.3 Å². The van der Waals surface area contributed by atoms with Crippen LogP contribution in [0.5, 0.6) is 23.0 Å². The molecule has 0 atom stereocenters. The smallest absolute Gasteiger partial charge is 0.545 e. The van der Waals surface area contributed by atoms with Gasteiger partial charge in [-0.25, -0.2) is 0 Å². The number of nitrogens with zero attached hydrogens (tertiary/aromatic N) is 2. The number of halogens is 1. The number of carbonyl (C=O) groups is 2. The number of allylic oxidation sites excluding steroid dienone is 1. The molecule has 1 aromatic heterocycles. The Morgan fingerprint density at radius 1 is 0.821 bits per heavy atom. The fraction of sp³-hybridized carbons (Fsp3) is 0.185. The molecule has 3 aromatic carbocycles. The first kappa shape index (κ1) is 30.4. The topological polar surface area (TPSA) is 120 Å². The molecule has 1 heterocycles. The number of fused-ring (bicyclic) bond motifs is 1. The first-order chi connectivity index (χ1) is 18.3. The van der Waals surface area contributed by atoms with E-state index in [0.717, 1.165) is 11.7 Å². The Hall–Kier alpha value is -3.15. The van der Waals surface area contributed by atoms with Gasteiger partial charge in [0.2, 0.25) is 5.75 Å². The van der Waals surface area contributed by atoms with Gasteiger partial charge in [0.25, 0.3) is 0 Å². The molecule has 0 aliphatic heterocycles. The van der Waals surface area contributed by atoms with Gasteiger partial charge < -0.3 is 28.8 Å². The molecule has 0 saturated heterocycles. The number of benzene rings is 3. The zero-order valence-corrected chi connectivity index (χ0v) is 25.4. The molecule has 0 spiro atoms. The number of methoxy groups -OCH3 is 4. The molecule has 0 amide bonds. The summed E-state index contributed by atoms with van der Waals surface area (Å²) in [5.74, 6) is -0.640. The molecular weight excluding hydrogens is 555 g/mol. The number of carbonyl (C=O) groups excluding carboxylic acids is 2. The monoisotopic (exact) mass is 576 g/mol. The van der Waals surface area contributed by atoms with Crippen LogP contribution in [0.1, 0.15) is 21.5 Å². The largest absolute Gasteiger partial charge is 1.00 e. The van der Waals surface area contributed by atoms with Gasteiger partial charge in [-0.15, -0.1) is 0 Å². The molecular formula is C27H22ClN2NaO7S. The van der Waals surface area contributed by atoms with E-state index in [-0.39, 0.29) is 63.3 Å². The molecule has 12 heteroatoms. The summed E-state index contributed by atoms with van der Waals surface area (Å²) >= 11 is 7.28. The van der Waals surface area contributed by atoms with E-state index >= 15 is 0 Å².